The van der Waals surface area contributed by atoms with E-state index in [1.807, 2.05) is 12.2 Å². The first-order valence-electron chi connectivity index (χ1n) is 6.99. The zero-order valence-corrected chi connectivity index (χ0v) is 11.3. The van der Waals surface area contributed by atoms with Crippen LogP contribution < -0.4 is 4.90 Å². The molecule has 0 aromatic heterocycles. The Morgan fingerprint density at radius 3 is 2.27 bits per heavy atom. The molecule has 3 aliphatic rings. The molecule has 1 heterocycles. The van der Waals surface area contributed by atoms with Crippen LogP contribution in [0.3, 0.4) is 0 Å². The SMILES string of the molecule is O=C1[C@@H]2[C@@H](C(=O)N1c1ccc(F)c([N+](=O)[O-])c1)[C@@H]1C=C[C@@H]2C1. The van der Waals surface area contributed by atoms with Gasteiger partial charge in [-0.15, -0.1) is 0 Å². The van der Waals surface area contributed by atoms with Crippen molar-refractivity contribution in [3.8, 4) is 0 Å². The molecule has 0 radical (unpaired) electrons. The Bertz CT molecular complexity index is 730. The number of carbonyl (C=O) groups excluding carboxylic acids is 2. The van der Waals surface area contributed by atoms with Crippen molar-refractivity contribution in [3.05, 3.63) is 46.3 Å². The van der Waals surface area contributed by atoms with Crippen LogP contribution in [0.2, 0.25) is 0 Å². The number of hydrogen-bond acceptors (Lipinski definition) is 4. The Hall–Kier alpha value is -2.57. The van der Waals surface area contributed by atoms with E-state index in [4.69, 9.17) is 0 Å². The van der Waals surface area contributed by atoms with E-state index in [1.165, 1.54) is 6.07 Å². The van der Waals surface area contributed by atoms with Gasteiger partial charge >= 0.3 is 5.69 Å². The van der Waals surface area contributed by atoms with Gasteiger partial charge in [0.1, 0.15) is 0 Å². The summed E-state index contributed by atoms with van der Waals surface area (Å²) in [5, 5.41) is 10.8. The number of anilines is 1. The van der Waals surface area contributed by atoms with E-state index >= 15 is 0 Å². The Kier molecular flexibility index (Phi) is 2.52. The van der Waals surface area contributed by atoms with Gasteiger partial charge in [-0.3, -0.25) is 19.7 Å². The van der Waals surface area contributed by atoms with Crippen molar-refractivity contribution in [2.24, 2.45) is 23.7 Å². The number of nitrogens with zero attached hydrogens (tertiary/aromatic N) is 2. The summed E-state index contributed by atoms with van der Waals surface area (Å²) in [5.41, 5.74) is -0.673. The molecule has 2 fully saturated rings. The average Bonchev–Trinajstić information content (AvgIpc) is 3.14. The predicted octanol–water partition coefficient (Wildman–Crippen LogP) is 2.05. The summed E-state index contributed by atoms with van der Waals surface area (Å²) < 4.78 is 13.4. The van der Waals surface area contributed by atoms with Crippen molar-refractivity contribution in [2.75, 3.05) is 4.90 Å². The maximum absolute atomic E-state index is 13.4. The third kappa shape index (κ3) is 1.53. The number of halogens is 1. The van der Waals surface area contributed by atoms with E-state index in [0.29, 0.717) is 0 Å². The van der Waals surface area contributed by atoms with Gasteiger partial charge in [0.25, 0.3) is 0 Å². The van der Waals surface area contributed by atoms with Crippen molar-refractivity contribution in [2.45, 2.75) is 6.42 Å². The van der Waals surface area contributed by atoms with Crippen LogP contribution >= 0.6 is 0 Å². The zero-order valence-electron chi connectivity index (χ0n) is 11.3. The minimum atomic E-state index is -0.991. The minimum absolute atomic E-state index is 0.0619. The number of rotatable bonds is 2. The van der Waals surface area contributed by atoms with Crippen LogP contribution in [-0.4, -0.2) is 16.7 Å². The molecule has 0 spiro atoms. The van der Waals surface area contributed by atoms with E-state index in [9.17, 15) is 24.1 Å². The number of imide groups is 1. The van der Waals surface area contributed by atoms with E-state index in [-0.39, 0.29) is 41.2 Å². The van der Waals surface area contributed by atoms with Gasteiger partial charge in [-0.1, -0.05) is 12.2 Å². The Morgan fingerprint density at radius 1 is 1.14 bits per heavy atom. The van der Waals surface area contributed by atoms with Crippen LogP contribution in [0, 0.1) is 39.6 Å². The third-order valence-electron chi connectivity index (χ3n) is 4.85. The number of allylic oxidation sites excluding steroid dienone is 2. The molecule has 1 saturated heterocycles. The lowest BCUT2D eigenvalue weighted by molar-refractivity contribution is -0.387. The second kappa shape index (κ2) is 4.22. The molecule has 7 heteroatoms. The molecule has 1 aromatic rings. The quantitative estimate of drug-likeness (QED) is 0.362. The standard InChI is InChI=1S/C15H11FN2O4/c16-10-4-3-9(6-11(10)18(21)22)17-14(19)12-7-1-2-8(5-7)13(12)15(17)20/h1-4,6-8,12-13H,5H2/t7-,8-,12+,13+/m1/s1. The summed E-state index contributed by atoms with van der Waals surface area (Å²) in [6, 6.07) is 3.09. The summed E-state index contributed by atoms with van der Waals surface area (Å²) in [4.78, 5) is 36.1. The number of carbonyl (C=O) groups is 2. The molecule has 1 saturated carbocycles. The van der Waals surface area contributed by atoms with Gasteiger partial charge in [-0.25, -0.2) is 4.90 Å². The first-order chi connectivity index (χ1) is 10.5. The topological polar surface area (TPSA) is 80.5 Å². The molecule has 4 rings (SSSR count). The van der Waals surface area contributed by atoms with Crippen molar-refractivity contribution in [3.63, 3.8) is 0 Å². The second-order valence-corrected chi connectivity index (χ2v) is 5.90. The summed E-state index contributed by atoms with van der Waals surface area (Å²) >= 11 is 0. The molecule has 2 bridgehead atoms. The number of nitro benzene ring substituents is 1. The van der Waals surface area contributed by atoms with Gasteiger partial charge in [0, 0.05) is 6.07 Å². The first-order valence-corrected chi connectivity index (χ1v) is 6.99. The molecule has 4 atom stereocenters. The van der Waals surface area contributed by atoms with Gasteiger partial charge in [0.15, 0.2) is 0 Å². The van der Waals surface area contributed by atoms with Gasteiger partial charge in [0.2, 0.25) is 17.6 Å². The molecule has 2 amide bonds. The number of hydrogen-bond donors (Lipinski definition) is 0. The van der Waals surface area contributed by atoms with Gasteiger partial charge in [-0.2, -0.15) is 4.39 Å². The maximum Gasteiger partial charge on any atom is 0.306 e. The molecule has 0 unspecified atom stereocenters. The van der Waals surface area contributed by atoms with E-state index in [2.05, 4.69) is 0 Å². The Labute approximate surface area is 124 Å². The van der Waals surface area contributed by atoms with Crippen LogP contribution in [0.5, 0.6) is 0 Å². The molecule has 1 aliphatic heterocycles. The van der Waals surface area contributed by atoms with Gasteiger partial charge < -0.3 is 0 Å². The van der Waals surface area contributed by atoms with Crippen LogP contribution in [-0.2, 0) is 9.59 Å². The average molecular weight is 302 g/mol. The highest BCUT2D eigenvalue weighted by Gasteiger charge is 2.59. The lowest BCUT2D eigenvalue weighted by Crippen LogP contribution is -2.32. The number of nitro groups is 1. The summed E-state index contributed by atoms with van der Waals surface area (Å²) in [7, 11) is 0. The van der Waals surface area contributed by atoms with E-state index in [1.54, 1.807) is 0 Å². The fourth-order valence-corrected chi connectivity index (χ4v) is 3.94. The zero-order chi connectivity index (χ0) is 15.6. The summed E-state index contributed by atoms with van der Waals surface area (Å²) in [6.45, 7) is 0. The van der Waals surface area contributed by atoms with Crippen LogP contribution in [0.1, 0.15) is 6.42 Å². The maximum atomic E-state index is 13.4. The molecular weight excluding hydrogens is 291 g/mol. The molecular formula is C15H11FN2O4. The second-order valence-electron chi connectivity index (χ2n) is 5.90. The molecule has 2 aliphatic carbocycles. The van der Waals surface area contributed by atoms with Crippen LogP contribution in [0.15, 0.2) is 30.4 Å². The highest BCUT2D eigenvalue weighted by Crippen LogP contribution is 2.53. The lowest BCUT2D eigenvalue weighted by Gasteiger charge is -2.17. The van der Waals surface area contributed by atoms with Crippen molar-refractivity contribution >= 4 is 23.2 Å². The molecule has 1 aromatic carbocycles. The molecule has 22 heavy (non-hydrogen) atoms. The first kappa shape index (κ1) is 13.1. The number of benzene rings is 1. The van der Waals surface area contributed by atoms with E-state index in [0.717, 1.165) is 23.5 Å². The predicted molar refractivity (Wildman–Crippen MR) is 73.3 cm³/mol. The Balaban J connectivity index is 1.76. The van der Waals surface area contributed by atoms with Crippen molar-refractivity contribution in [1.29, 1.82) is 0 Å². The van der Waals surface area contributed by atoms with Crippen LogP contribution in [0.4, 0.5) is 15.8 Å². The lowest BCUT2D eigenvalue weighted by atomic mass is 9.85. The fourth-order valence-electron chi connectivity index (χ4n) is 3.94. The van der Waals surface area contributed by atoms with Crippen LogP contribution in [0.25, 0.3) is 0 Å². The highest BCUT2D eigenvalue weighted by molar-refractivity contribution is 6.22. The molecule has 112 valence electrons. The third-order valence-corrected chi connectivity index (χ3v) is 4.85. The fraction of sp³-hybridized carbons (Fsp3) is 0.333. The largest absolute Gasteiger partial charge is 0.306 e. The number of fused-ring (bicyclic) bond motifs is 5. The highest BCUT2D eigenvalue weighted by atomic mass is 19.1. The van der Waals surface area contributed by atoms with Gasteiger partial charge in [0.05, 0.1) is 22.4 Å². The molecule has 0 N–H and O–H groups in total. The van der Waals surface area contributed by atoms with Crippen molar-refractivity contribution < 1.29 is 18.9 Å². The number of amides is 2. The minimum Gasteiger partial charge on any atom is -0.274 e. The normalized spacial score (nSPS) is 32.0. The van der Waals surface area contributed by atoms with Crippen molar-refractivity contribution in [1.82, 2.24) is 0 Å². The van der Waals surface area contributed by atoms with Gasteiger partial charge in [-0.05, 0) is 30.4 Å². The summed E-state index contributed by atoms with van der Waals surface area (Å²) in [6.07, 6.45) is 4.74. The monoisotopic (exact) mass is 302 g/mol. The molecule has 6 nitrogen and oxygen atoms in total. The van der Waals surface area contributed by atoms with E-state index < -0.39 is 16.4 Å². The smallest absolute Gasteiger partial charge is 0.274 e. The summed E-state index contributed by atoms with van der Waals surface area (Å²) in [5.74, 6) is -2.31. The Morgan fingerprint density at radius 2 is 1.73 bits per heavy atom.